The number of aliphatic carboxylic acids is 1. The lowest BCUT2D eigenvalue weighted by molar-refractivity contribution is -0.144. The lowest BCUT2D eigenvalue weighted by Crippen LogP contribution is -2.24. The number of benzene rings is 1. The summed E-state index contributed by atoms with van der Waals surface area (Å²) in [5.41, 5.74) is 0. The van der Waals surface area contributed by atoms with Crippen LogP contribution in [0.4, 0.5) is 0 Å². The van der Waals surface area contributed by atoms with E-state index in [9.17, 15) is 13.2 Å². The van der Waals surface area contributed by atoms with E-state index < -0.39 is 27.1 Å². The van der Waals surface area contributed by atoms with Crippen molar-refractivity contribution in [1.29, 1.82) is 0 Å². The summed E-state index contributed by atoms with van der Waals surface area (Å²) in [5.74, 6) is -1.42. The Bertz CT molecular complexity index is 584. The maximum absolute atomic E-state index is 11.8. The minimum Gasteiger partial charge on any atom is -0.479 e. The van der Waals surface area contributed by atoms with E-state index in [1.807, 2.05) is 0 Å². The first-order valence-electron chi connectivity index (χ1n) is 4.46. The van der Waals surface area contributed by atoms with Crippen LogP contribution in [0.5, 0.6) is 0 Å². The molecule has 9 heteroatoms. The molecule has 1 rings (SSSR count). The van der Waals surface area contributed by atoms with E-state index in [1.54, 1.807) is 0 Å². The summed E-state index contributed by atoms with van der Waals surface area (Å²) in [4.78, 5) is 10.1. The predicted molar refractivity (Wildman–Crippen MR) is 66.8 cm³/mol. The summed E-state index contributed by atoms with van der Waals surface area (Å²) < 4.78 is 28.0. The fourth-order valence-electron chi connectivity index (χ4n) is 0.984. The molecule has 0 saturated carbocycles. The van der Waals surface area contributed by atoms with Gasteiger partial charge in [0.15, 0.2) is 6.10 Å². The van der Waals surface area contributed by atoms with Gasteiger partial charge in [0.1, 0.15) is 4.90 Å². The second kappa shape index (κ2) is 5.63. The molecule has 0 radical (unpaired) electrons. The van der Waals surface area contributed by atoms with Gasteiger partial charge in [0.2, 0.25) is 0 Å². The molecule has 0 spiro atoms. The van der Waals surface area contributed by atoms with Gasteiger partial charge in [-0.3, -0.25) is 4.18 Å². The quantitative estimate of drug-likeness (QED) is 0.677. The van der Waals surface area contributed by atoms with Crippen LogP contribution in [0.2, 0.25) is 15.1 Å². The first-order valence-corrected chi connectivity index (χ1v) is 7.00. The van der Waals surface area contributed by atoms with Crippen LogP contribution in [0.15, 0.2) is 17.0 Å². The largest absolute Gasteiger partial charge is 0.479 e. The molecular formula is C9H7Cl3O5S. The average molecular weight is 334 g/mol. The third-order valence-corrected chi connectivity index (χ3v) is 4.71. The third kappa shape index (κ3) is 3.27. The first kappa shape index (κ1) is 15.5. The van der Waals surface area contributed by atoms with Gasteiger partial charge in [0.25, 0.3) is 10.1 Å². The Morgan fingerprint density at radius 2 is 1.83 bits per heavy atom. The number of hydrogen-bond donors (Lipinski definition) is 1. The molecule has 0 aliphatic rings. The van der Waals surface area contributed by atoms with E-state index in [1.165, 1.54) is 6.07 Å². The Kier molecular flexibility index (Phi) is 4.85. The highest BCUT2D eigenvalue weighted by Gasteiger charge is 2.27. The summed E-state index contributed by atoms with van der Waals surface area (Å²) in [5, 5.41) is 8.20. The highest BCUT2D eigenvalue weighted by Crippen LogP contribution is 2.35. The van der Waals surface area contributed by atoms with Crippen LogP contribution in [0.3, 0.4) is 0 Å². The minimum absolute atomic E-state index is 0.0758. The van der Waals surface area contributed by atoms with Crippen LogP contribution >= 0.6 is 34.8 Å². The van der Waals surface area contributed by atoms with E-state index >= 15 is 0 Å². The predicted octanol–water partition coefficient (Wildman–Crippen LogP) is 2.83. The third-order valence-electron chi connectivity index (χ3n) is 1.89. The van der Waals surface area contributed by atoms with Crippen LogP contribution in [0, 0.1) is 0 Å². The van der Waals surface area contributed by atoms with Crippen molar-refractivity contribution >= 4 is 50.9 Å². The molecule has 0 unspecified atom stereocenters. The van der Waals surface area contributed by atoms with Gasteiger partial charge in [-0.25, -0.2) is 4.79 Å². The standard InChI is InChI=1S/C9H7Cl3O5S/c1-4(9(13)14)17-18(15,16)6-3-2-5(10)7(11)8(6)12/h2-4H,1H3,(H,13,14)/t4-/m0/s1. The van der Waals surface area contributed by atoms with Crippen molar-refractivity contribution in [1.82, 2.24) is 0 Å². The molecule has 0 bridgehead atoms. The maximum atomic E-state index is 11.8. The highest BCUT2D eigenvalue weighted by atomic mass is 35.5. The van der Waals surface area contributed by atoms with Crippen molar-refractivity contribution < 1.29 is 22.5 Å². The smallest absolute Gasteiger partial charge is 0.334 e. The van der Waals surface area contributed by atoms with Crippen LogP contribution in [-0.4, -0.2) is 25.6 Å². The molecule has 0 amide bonds. The Morgan fingerprint density at radius 3 is 2.33 bits per heavy atom. The number of carbonyl (C=O) groups is 1. The molecule has 100 valence electrons. The Hall–Kier alpha value is -0.530. The van der Waals surface area contributed by atoms with Crippen LogP contribution in [0.25, 0.3) is 0 Å². The van der Waals surface area contributed by atoms with E-state index in [0.29, 0.717) is 0 Å². The van der Waals surface area contributed by atoms with Gasteiger partial charge in [-0.2, -0.15) is 8.42 Å². The van der Waals surface area contributed by atoms with Crippen LogP contribution in [-0.2, 0) is 19.1 Å². The molecule has 5 nitrogen and oxygen atoms in total. The van der Waals surface area contributed by atoms with Gasteiger partial charge < -0.3 is 5.11 Å². The number of rotatable bonds is 4. The zero-order valence-electron chi connectivity index (χ0n) is 8.85. The second-order valence-corrected chi connectivity index (χ2v) is 5.91. The van der Waals surface area contributed by atoms with Gasteiger partial charge in [-0.1, -0.05) is 34.8 Å². The average Bonchev–Trinajstić information content (AvgIpc) is 2.24. The van der Waals surface area contributed by atoms with Gasteiger partial charge >= 0.3 is 5.97 Å². The molecule has 0 aliphatic carbocycles. The number of hydrogen-bond acceptors (Lipinski definition) is 4. The summed E-state index contributed by atoms with van der Waals surface area (Å²) in [6.45, 7) is 1.07. The van der Waals surface area contributed by atoms with E-state index in [0.717, 1.165) is 13.0 Å². The van der Waals surface area contributed by atoms with Crippen molar-refractivity contribution in [3.8, 4) is 0 Å². The Labute approximate surface area is 118 Å². The number of carboxylic acid groups (broad SMARTS) is 1. The molecule has 1 N–H and O–H groups in total. The molecule has 0 saturated heterocycles. The summed E-state index contributed by atoms with van der Waals surface area (Å²) >= 11 is 17.1. The molecule has 0 fully saturated rings. The minimum atomic E-state index is -4.33. The first-order chi connectivity index (χ1) is 8.16. The SMILES string of the molecule is C[C@H](OS(=O)(=O)c1ccc(Cl)c(Cl)c1Cl)C(=O)O. The number of halogens is 3. The van der Waals surface area contributed by atoms with E-state index in [2.05, 4.69) is 4.18 Å². The van der Waals surface area contributed by atoms with E-state index in [4.69, 9.17) is 39.9 Å². The lowest BCUT2D eigenvalue weighted by Gasteiger charge is -2.11. The lowest BCUT2D eigenvalue weighted by atomic mass is 10.4. The summed E-state index contributed by atoms with van der Waals surface area (Å²) in [6.07, 6.45) is -1.54. The van der Waals surface area contributed by atoms with Crippen LogP contribution in [0.1, 0.15) is 6.92 Å². The summed E-state index contributed by atoms with van der Waals surface area (Å²) in [6, 6.07) is 2.30. The molecular weight excluding hydrogens is 327 g/mol. The molecule has 1 aromatic carbocycles. The molecule has 1 aromatic rings. The van der Waals surface area contributed by atoms with Crippen molar-refractivity contribution in [2.45, 2.75) is 17.9 Å². The maximum Gasteiger partial charge on any atom is 0.334 e. The zero-order valence-corrected chi connectivity index (χ0v) is 11.9. The van der Waals surface area contributed by atoms with Crippen molar-refractivity contribution in [3.63, 3.8) is 0 Å². The summed E-state index contributed by atoms with van der Waals surface area (Å²) in [7, 11) is -4.33. The topological polar surface area (TPSA) is 80.7 Å². The fraction of sp³-hybridized carbons (Fsp3) is 0.222. The van der Waals surface area contributed by atoms with Gasteiger partial charge in [-0.15, -0.1) is 0 Å². The molecule has 18 heavy (non-hydrogen) atoms. The van der Waals surface area contributed by atoms with Crippen molar-refractivity contribution in [3.05, 3.63) is 27.2 Å². The normalized spacial score (nSPS) is 13.3. The van der Waals surface area contributed by atoms with E-state index in [-0.39, 0.29) is 15.1 Å². The second-order valence-electron chi connectivity index (χ2n) is 3.20. The monoisotopic (exact) mass is 332 g/mol. The van der Waals surface area contributed by atoms with Gasteiger partial charge in [-0.05, 0) is 19.1 Å². The van der Waals surface area contributed by atoms with Crippen molar-refractivity contribution in [2.24, 2.45) is 0 Å². The molecule has 0 heterocycles. The Morgan fingerprint density at radius 1 is 1.28 bits per heavy atom. The number of carboxylic acids is 1. The molecule has 1 atom stereocenters. The van der Waals surface area contributed by atoms with Gasteiger partial charge in [0, 0.05) is 0 Å². The highest BCUT2D eigenvalue weighted by molar-refractivity contribution is 7.87. The van der Waals surface area contributed by atoms with Crippen molar-refractivity contribution in [2.75, 3.05) is 0 Å². The Balaban J connectivity index is 3.22. The fourth-order valence-corrected chi connectivity index (χ4v) is 2.98. The molecule has 0 aliphatic heterocycles. The molecule has 0 aromatic heterocycles. The zero-order chi connectivity index (χ0) is 14.1. The van der Waals surface area contributed by atoms with Crippen LogP contribution < -0.4 is 0 Å². The van der Waals surface area contributed by atoms with Gasteiger partial charge in [0.05, 0.1) is 15.1 Å².